The summed E-state index contributed by atoms with van der Waals surface area (Å²) in [5.74, 6) is 1.55. The molecule has 44 heavy (non-hydrogen) atoms. The zero-order chi connectivity index (χ0) is 31.0. The van der Waals surface area contributed by atoms with Gasteiger partial charge in [0.1, 0.15) is 5.67 Å². The molecule has 1 amide bonds. The summed E-state index contributed by atoms with van der Waals surface area (Å²) >= 11 is 0. The average molecular weight is 611 g/mol. The van der Waals surface area contributed by atoms with E-state index in [9.17, 15) is 18.0 Å². The number of hydrogen-bond donors (Lipinski definition) is 0. The number of ether oxygens (including phenoxy) is 1. The molecule has 12 heteroatoms. The summed E-state index contributed by atoms with van der Waals surface area (Å²) < 4.78 is 49.5. The molecular formula is C32H37F3N6O3. The number of fused-ring (bicyclic) bond motifs is 3. The third-order valence-corrected chi connectivity index (χ3v) is 10.5. The summed E-state index contributed by atoms with van der Waals surface area (Å²) in [7, 11) is 0. The van der Waals surface area contributed by atoms with Crippen LogP contribution in [0.2, 0.25) is 0 Å². The highest BCUT2D eigenvalue weighted by molar-refractivity contribution is 5.94. The zero-order valence-electron chi connectivity index (χ0n) is 25.3. The second kappa shape index (κ2) is 9.97. The van der Waals surface area contributed by atoms with Gasteiger partial charge in [0.2, 0.25) is 11.8 Å². The van der Waals surface area contributed by atoms with Crippen molar-refractivity contribution in [2.75, 3.05) is 11.4 Å². The molecule has 3 aromatic heterocycles. The van der Waals surface area contributed by atoms with Crippen LogP contribution in [0.4, 0.5) is 18.9 Å². The molecule has 0 aromatic carbocycles. The van der Waals surface area contributed by atoms with Gasteiger partial charge in [-0.15, -0.1) is 0 Å². The van der Waals surface area contributed by atoms with Crippen LogP contribution in [0.3, 0.4) is 0 Å². The van der Waals surface area contributed by atoms with E-state index in [1.54, 1.807) is 12.4 Å². The molecule has 0 N–H and O–H groups in total. The van der Waals surface area contributed by atoms with Gasteiger partial charge in [0.05, 0.1) is 24.3 Å². The fourth-order valence-electron chi connectivity index (χ4n) is 8.03. The number of nitrogens with zero attached hydrogens (tertiary/aromatic N) is 6. The maximum absolute atomic E-state index is 14.3. The van der Waals surface area contributed by atoms with Crippen LogP contribution in [0.15, 0.2) is 35.4 Å². The molecule has 0 atom stereocenters. The fourth-order valence-corrected chi connectivity index (χ4v) is 8.03. The van der Waals surface area contributed by atoms with Crippen LogP contribution in [-0.2, 0) is 15.6 Å². The van der Waals surface area contributed by atoms with Crippen molar-refractivity contribution < 1.29 is 27.2 Å². The predicted octanol–water partition coefficient (Wildman–Crippen LogP) is 6.73. The first-order chi connectivity index (χ1) is 20.8. The van der Waals surface area contributed by atoms with Gasteiger partial charge in [-0.1, -0.05) is 25.9 Å². The SMILES string of the molecule is CC(C)(C)c1nc(C23CCC(CN(C(=O)CC45CC(F)(C4)C5)c4cncc(-c5ncc(OC(F)F)cn5)c4)(CC2)CC3)no1. The molecule has 9 rings (SSSR count). The number of pyridine rings is 1. The number of rotatable bonds is 9. The number of amides is 1. The van der Waals surface area contributed by atoms with Crippen molar-refractivity contribution in [3.05, 3.63) is 42.6 Å². The number of halogens is 3. The Morgan fingerprint density at radius 2 is 1.66 bits per heavy atom. The Morgan fingerprint density at radius 1 is 1.00 bits per heavy atom. The molecule has 0 radical (unpaired) electrons. The molecule has 0 unspecified atom stereocenters. The zero-order valence-corrected chi connectivity index (χ0v) is 25.3. The van der Waals surface area contributed by atoms with Gasteiger partial charge in [-0.25, -0.2) is 14.4 Å². The van der Waals surface area contributed by atoms with Gasteiger partial charge in [-0.05, 0) is 74.7 Å². The predicted molar refractivity (Wildman–Crippen MR) is 154 cm³/mol. The molecule has 0 spiro atoms. The van der Waals surface area contributed by atoms with E-state index in [0.29, 0.717) is 49.4 Å². The Balaban J connectivity index is 1.13. The molecule has 0 aliphatic heterocycles. The number of hydrogen-bond acceptors (Lipinski definition) is 8. The van der Waals surface area contributed by atoms with Gasteiger partial charge in [0.15, 0.2) is 17.4 Å². The number of carbonyl (C=O) groups excluding carboxylic acids is 1. The van der Waals surface area contributed by atoms with Crippen molar-refractivity contribution in [3.8, 4) is 17.1 Å². The molecule has 234 valence electrons. The highest BCUT2D eigenvalue weighted by atomic mass is 19.3. The van der Waals surface area contributed by atoms with Gasteiger partial charge in [0.25, 0.3) is 0 Å². The minimum Gasteiger partial charge on any atom is -0.432 e. The van der Waals surface area contributed by atoms with Gasteiger partial charge >= 0.3 is 6.61 Å². The number of alkyl halides is 3. The van der Waals surface area contributed by atoms with Crippen molar-refractivity contribution in [3.63, 3.8) is 0 Å². The van der Waals surface area contributed by atoms with Crippen LogP contribution in [0.25, 0.3) is 11.4 Å². The summed E-state index contributed by atoms with van der Waals surface area (Å²) in [6, 6.07) is 1.81. The lowest BCUT2D eigenvalue weighted by Gasteiger charge is -2.66. The monoisotopic (exact) mass is 610 g/mol. The molecule has 3 aromatic rings. The maximum atomic E-state index is 14.3. The lowest BCUT2D eigenvalue weighted by Crippen LogP contribution is -2.65. The Morgan fingerprint density at radius 3 is 2.23 bits per heavy atom. The molecule has 6 aliphatic carbocycles. The second-order valence-corrected chi connectivity index (χ2v) is 14.8. The standard InChI is InChI=1S/C32H37F3N6O3/c1-28(2,3)26-39-25(40-44-26)31-7-4-29(5-8-31,6-9-31)19-41(23(42)11-30-16-32(35,17-30)18-30)21-10-20(12-36-13-21)24-37-14-22(15-38-24)43-27(33)34/h10,12-15,27H,4-9,11,16-19H2,1-3H3. The summed E-state index contributed by atoms with van der Waals surface area (Å²) in [6.45, 7) is 3.75. The number of anilines is 1. The van der Waals surface area contributed by atoms with E-state index in [4.69, 9.17) is 9.51 Å². The Bertz CT molecular complexity index is 1530. The quantitative estimate of drug-likeness (QED) is 0.263. The van der Waals surface area contributed by atoms with Gasteiger partial charge < -0.3 is 14.2 Å². The smallest absolute Gasteiger partial charge is 0.387 e. The molecule has 3 heterocycles. The van der Waals surface area contributed by atoms with Gasteiger partial charge in [0, 0.05) is 35.6 Å². The highest BCUT2D eigenvalue weighted by Crippen LogP contribution is 2.71. The second-order valence-electron chi connectivity index (χ2n) is 14.8. The highest BCUT2D eigenvalue weighted by Gasteiger charge is 2.69. The van der Waals surface area contributed by atoms with E-state index in [1.807, 2.05) is 11.0 Å². The van der Waals surface area contributed by atoms with Crippen LogP contribution in [-0.4, -0.2) is 49.8 Å². The topological polar surface area (TPSA) is 107 Å². The summed E-state index contributed by atoms with van der Waals surface area (Å²) in [5, 5.41) is 4.41. The van der Waals surface area contributed by atoms with E-state index in [1.165, 1.54) is 12.4 Å². The first-order valence-electron chi connectivity index (χ1n) is 15.4. The van der Waals surface area contributed by atoms with Crippen molar-refractivity contribution in [1.82, 2.24) is 25.1 Å². The minimum atomic E-state index is -2.97. The van der Waals surface area contributed by atoms with E-state index in [-0.39, 0.29) is 39.1 Å². The number of aromatic nitrogens is 5. The molecule has 6 fully saturated rings. The number of carbonyl (C=O) groups is 1. The normalized spacial score (nSPS) is 30.5. The van der Waals surface area contributed by atoms with Crippen LogP contribution in [0, 0.1) is 10.8 Å². The lowest BCUT2D eigenvalue weighted by atomic mass is 9.41. The Hall–Kier alpha value is -3.57. The summed E-state index contributed by atoms with van der Waals surface area (Å²) in [6.07, 6.45) is 12.8. The lowest BCUT2D eigenvalue weighted by molar-refractivity contribution is -0.215. The van der Waals surface area contributed by atoms with Crippen LogP contribution in [0.1, 0.15) is 96.7 Å². The van der Waals surface area contributed by atoms with Crippen molar-refractivity contribution >= 4 is 11.6 Å². The first-order valence-corrected chi connectivity index (χ1v) is 15.4. The third kappa shape index (κ3) is 5.13. The largest absolute Gasteiger partial charge is 0.432 e. The Labute approximate surface area is 254 Å². The summed E-state index contributed by atoms with van der Waals surface area (Å²) in [5.41, 5.74) is -0.551. The summed E-state index contributed by atoms with van der Waals surface area (Å²) in [4.78, 5) is 33.4. The molecule has 9 nitrogen and oxygen atoms in total. The van der Waals surface area contributed by atoms with Crippen LogP contribution in [0.5, 0.6) is 5.75 Å². The third-order valence-electron chi connectivity index (χ3n) is 10.5. The van der Waals surface area contributed by atoms with E-state index in [2.05, 4.69) is 45.6 Å². The fraction of sp³-hybridized carbons (Fsp3) is 0.625. The van der Waals surface area contributed by atoms with E-state index < -0.39 is 12.3 Å². The van der Waals surface area contributed by atoms with Crippen LogP contribution >= 0.6 is 0 Å². The Kier molecular flexibility index (Phi) is 6.61. The minimum absolute atomic E-state index is 0.0305. The van der Waals surface area contributed by atoms with Crippen molar-refractivity contribution in [2.24, 2.45) is 10.8 Å². The van der Waals surface area contributed by atoms with Gasteiger partial charge in [-0.3, -0.25) is 9.78 Å². The molecule has 6 aliphatic rings. The molecule has 6 saturated carbocycles. The van der Waals surface area contributed by atoms with Gasteiger partial charge in [-0.2, -0.15) is 13.8 Å². The van der Waals surface area contributed by atoms with E-state index in [0.717, 1.165) is 44.3 Å². The molecule has 4 bridgehead atoms. The molecule has 0 saturated heterocycles. The van der Waals surface area contributed by atoms with E-state index >= 15 is 0 Å². The van der Waals surface area contributed by atoms with Crippen molar-refractivity contribution in [1.29, 1.82) is 0 Å². The maximum Gasteiger partial charge on any atom is 0.387 e. The average Bonchev–Trinajstić information content (AvgIpc) is 3.48. The van der Waals surface area contributed by atoms with Crippen LogP contribution < -0.4 is 9.64 Å². The van der Waals surface area contributed by atoms with Crippen molar-refractivity contribution in [2.45, 2.75) is 108 Å². The molecular weight excluding hydrogens is 573 g/mol. The first kappa shape index (κ1) is 29.2.